The highest BCUT2D eigenvalue weighted by Gasteiger charge is 2.40. The zero-order valence-electron chi connectivity index (χ0n) is 16.2. The van der Waals surface area contributed by atoms with Crippen molar-refractivity contribution in [3.8, 4) is 0 Å². The lowest BCUT2D eigenvalue weighted by atomic mass is 10.1. The average molecular weight is 508 g/mol. The van der Waals surface area contributed by atoms with Crippen molar-refractivity contribution in [3.63, 3.8) is 0 Å². The molecule has 0 spiro atoms. The highest BCUT2D eigenvalue weighted by atomic mass is 127. The second-order valence-electron chi connectivity index (χ2n) is 7.10. The molecule has 0 aromatic heterocycles. The van der Waals surface area contributed by atoms with Crippen LogP contribution in [0.4, 0.5) is 0 Å². The molecule has 1 aromatic rings. The van der Waals surface area contributed by atoms with Gasteiger partial charge in [0.25, 0.3) is 0 Å². The third kappa shape index (κ3) is 6.76. The minimum atomic E-state index is 0. The molecule has 1 aliphatic carbocycles. The summed E-state index contributed by atoms with van der Waals surface area (Å²) in [4.78, 5) is 6.85. The molecule has 0 radical (unpaired) electrons. The highest BCUT2D eigenvalue weighted by Crippen LogP contribution is 2.41. The lowest BCUT2D eigenvalue weighted by Crippen LogP contribution is -2.47. The number of nitrogens with zero attached hydrogens (tertiary/aromatic N) is 2. The Kier molecular flexibility index (Phi) is 9.62. The molecule has 1 saturated heterocycles. The van der Waals surface area contributed by atoms with Gasteiger partial charge in [-0.25, -0.2) is 0 Å². The van der Waals surface area contributed by atoms with Crippen molar-refractivity contribution in [1.29, 1.82) is 0 Å². The van der Waals surface area contributed by atoms with E-state index in [4.69, 9.17) is 21.1 Å². The molecule has 27 heavy (non-hydrogen) atoms. The number of rotatable bonds is 7. The van der Waals surface area contributed by atoms with E-state index in [0.717, 1.165) is 63.0 Å². The molecule has 1 heterocycles. The van der Waals surface area contributed by atoms with Crippen LogP contribution in [-0.2, 0) is 9.47 Å². The molecule has 152 valence electrons. The predicted molar refractivity (Wildman–Crippen MR) is 122 cm³/mol. The maximum atomic E-state index is 6.12. The van der Waals surface area contributed by atoms with E-state index in [1.54, 1.807) is 7.11 Å². The molecular formula is C20H31ClIN3O2. The van der Waals surface area contributed by atoms with Gasteiger partial charge in [0, 0.05) is 57.4 Å². The quantitative estimate of drug-likeness (QED) is 0.263. The minimum Gasteiger partial charge on any atom is -0.385 e. The van der Waals surface area contributed by atoms with E-state index in [1.165, 1.54) is 5.56 Å². The Morgan fingerprint density at radius 3 is 2.74 bits per heavy atom. The average Bonchev–Trinajstić information content (AvgIpc) is 3.43. The smallest absolute Gasteiger partial charge is 0.193 e. The number of benzene rings is 1. The van der Waals surface area contributed by atoms with Crippen molar-refractivity contribution in [2.24, 2.45) is 4.99 Å². The summed E-state index contributed by atoms with van der Waals surface area (Å²) in [5, 5.41) is 4.44. The largest absolute Gasteiger partial charge is 0.385 e. The Hall–Kier alpha value is -0.570. The van der Waals surface area contributed by atoms with Gasteiger partial charge >= 0.3 is 0 Å². The number of hydrogen-bond donors (Lipinski definition) is 1. The van der Waals surface area contributed by atoms with Crippen LogP contribution in [0, 0.1) is 0 Å². The van der Waals surface area contributed by atoms with E-state index in [0.29, 0.717) is 18.1 Å². The number of guanidine groups is 1. The van der Waals surface area contributed by atoms with Crippen LogP contribution in [0.5, 0.6) is 0 Å². The number of piperidine rings is 1. The lowest BCUT2D eigenvalue weighted by Gasteiger charge is -2.34. The summed E-state index contributed by atoms with van der Waals surface area (Å²) in [7, 11) is 3.60. The molecule has 1 saturated carbocycles. The molecule has 7 heteroatoms. The second kappa shape index (κ2) is 11.4. The number of ether oxygens (including phenoxy) is 2. The Bertz CT molecular complexity index is 609. The fraction of sp³-hybridized carbons (Fsp3) is 0.650. The molecule has 3 rings (SSSR count). The van der Waals surface area contributed by atoms with Crippen LogP contribution < -0.4 is 5.32 Å². The zero-order chi connectivity index (χ0) is 18.4. The number of aliphatic imine (C=N–C) groups is 1. The van der Waals surface area contributed by atoms with E-state index in [2.05, 4.69) is 27.3 Å². The molecule has 2 atom stereocenters. The summed E-state index contributed by atoms with van der Waals surface area (Å²) in [6.07, 6.45) is 4.57. The lowest BCUT2D eigenvalue weighted by molar-refractivity contribution is 0.00989. The van der Waals surface area contributed by atoms with E-state index in [-0.39, 0.29) is 24.0 Å². The third-order valence-corrected chi connectivity index (χ3v) is 5.42. The SMILES string of the molecule is CN=C(NC1CC1c1cccc(Cl)c1)N1CCC(OCCCOC)CC1.I. The number of hydrogen-bond acceptors (Lipinski definition) is 3. The number of methoxy groups -OCH3 is 1. The Balaban J connectivity index is 0.00000261. The van der Waals surface area contributed by atoms with Gasteiger partial charge in [-0.2, -0.15) is 0 Å². The molecule has 0 amide bonds. The fourth-order valence-electron chi connectivity index (χ4n) is 3.61. The first-order chi connectivity index (χ1) is 12.7. The van der Waals surface area contributed by atoms with Gasteiger partial charge in [-0.05, 0) is 43.4 Å². The van der Waals surface area contributed by atoms with Gasteiger partial charge in [0.1, 0.15) is 0 Å². The van der Waals surface area contributed by atoms with Crippen molar-refractivity contribution >= 4 is 41.5 Å². The van der Waals surface area contributed by atoms with Crippen LogP contribution in [-0.4, -0.2) is 63.5 Å². The van der Waals surface area contributed by atoms with E-state index in [9.17, 15) is 0 Å². The monoisotopic (exact) mass is 507 g/mol. The molecule has 2 aliphatic rings. The topological polar surface area (TPSA) is 46.1 Å². The minimum absolute atomic E-state index is 0. The number of nitrogens with one attached hydrogen (secondary N) is 1. The van der Waals surface area contributed by atoms with Gasteiger partial charge in [0.15, 0.2) is 5.96 Å². The Labute approximate surface area is 184 Å². The first-order valence-electron chi connectivity index (χ1n) is 9.55. The van der Waals surface area contributed by atoms with E-state index < -0.39 is 0 Å². The van der Waals surface area contributed by atoms with E-state index >= 15 is 0 Å². The molecule has 2 unspecified atom stereocenters. The molecule has 0 bridgehead atoms. The normalized spacial score (nSPS) is 23.1. The van der Waals surface area contributed by atoms with Crippen molar-refractivity contribution in [2.45, 2.75) is 43.7 Å². The van der Waals surface area contributed by atoms with Gasteiger partial charge in [0.05, 0.1) is 6.10 Å². The van der Waals surface area contributed by atoms with Crippen LogP contribution in [0.15, 0.2) is 29.3 Å². The molecule has 2 fully saturated rings. The maximum absolute atomic E-state index is 6.12. The zero-order valence-corrected chi connectivity index (χ0v) is 19.3. The van der Waals surface area contributed by atoms with Gasteiger partial charge in [0.2, 0.25) is 0 Å². The van der Waals surface area contributed by atoms with Crippen molar-refractivity contribution in [2.75, 3.05) is 40.5 Å². The third-order valence-electron chi connectivity index (χ3n) is 5.18. The summed E-state index contributed by atoms with van der Waals surface area (Å²) in [5.74, 6) is 1.55. The van der Waals surface area contributed by atoms with Crippen molar-refractivity contribution in [3.05, 3.63) is 34.9 Å². The highest BCUT2D eigenvalue weighted by molar-refractivity contribution is 14.0. The number of likely N-dealkylation sites (tertiary alicyclic amines) is 1. The van der Waals surface area contributed by atoms with Crippen LogP contribution in [0.2, 0.25) is 5.02 Å². The van der Waals surface area contributed by atoms with Gasteiger partial charge in [-0.1, -0.05) is 23.7 Å². The standard InChI is InChI=1S/C20H30ClN3O2.HI/c1-22-20(23-19-14-18(19)15-5-3-6-16(21)13-15)24-9-7-17(8-10-24)26-12-4-11-25-2;/h3,5-6,13,17-19H,4,7-12,14H2,1-2H3,(H,22,23);1H. The molecule has 1 aliphatic heterocycles. The van der Waals surface area contributed by atoms with Gasteiger partial charge < -0.3 is 19.7 Å². The van der Waals surface area contributed by atoms with Crippen molar-refractivity contribution < 1.29 is 9.47 Å². The maximum Gasteiger partial charge on any atom is 0.193 e. The predicted octanol–water partition coefficient (Wildman–Crippen LogP) is 3.91. The van der Waals surface area contributed by atoms with Gasteiger partial charge in [-0.15, -0.1) is 24.0 Å². The molecular weight excluding hydrogens is 477 g/mol. The first-order valence-corrected chi connectivity index (χ1v) is 9.93. The van der Waals surface area contributed by atoms with Gasteiger partial charge in [-0.3, -0.25) is 4.99 Å². The summed E-state index contributed by atoms with van der Waals surface area (Å²) in [6.45, 7) is 3.53. The molecule has 1 aromatic carbocycles. The first kappa shape index (κ1) is 22.7. The molecule has 1 N–H and O–H groups in total. The van der Waals surface area contributed by atoms with Crippen LogP contribution in [0.1, 0.15) is 37.2 Å². The summed E-state index contributed by atoms with van der Waals surface area (Å²) in [5.41, 5.74) is 1.31. The van der Waals surface area contributed by atoms with E-state index in [1.807, 2.05) is 19.2 Å². The Morgan fingerprint density at radius 2 is 2.07 bits per heavy atom. The second-order valence-corrected chi connectivity index (χ2v) is 7.54. The van der Waals surface area contributed by atoms with Crippen LogP contribution in [0.25, 0.3) is 0 Å². The van der Waals surface area contributed by atoms with Crippen LogP contribution in [0.3, 0.4) is 0 Å². The number of halogens is 2. The fourth-order valence-corrected chi connectivity index (χ4v) is 3.81. The van der Waals surface area contributed by atoms with Crippen LogP contribution >= 0.6 is 35.6 Å². The van der Waals surface area contributed by atoms with Crippen molar-refractivity contribution in [1.82, 2.24) is 10.2 Å². The summed E-state index contributed by atoms with van der Waals surface area (Å²) < 4.78 is 11.0. The Morgan fingerprint density at radius 1 is 1.30 bits per heavy atom. The summed E-state index contributed by atoms with van der Waals surface area (Å²) in [6, 6.07) is 8.64. The summed E-state index contributed by atoms with van der Waals surface area (Å²) >= 11 is 6.12. The molecule has 5 nitrogen and oxygen atoms in total.